The first-order valence-electron chi connectivity index (χ1n) is 10.8. The van der Waals surface area contributed by atoms with Crippen LogP contribution in [0.25, 0.3) is 0 Å². The fourth-order valence-corrected chi connectivity index (χ4v) is 3.15. The largest absolute Gasteiger partial charge is 1.00 e. The summed E-state index contributed by atoms with van der Waals surface area (Å²) < 4.78 is 5.10. The Hall–Kier alpha value is 0.780. The van der Waals surface area contributed by atoms with E-state index >= 15 is 0 Å². The second-order valence-corrected chi connectivity index (χ2v) is 7.63. The Morgan fingerprint density at radius 1 is 0.808 bits per heavy atom. The third-order valence-corrected chi connectivity index (χ3v) is 5.14. The zero-order chi connectivity index (χ0) is 18.6. The van der Waals surface area contributed by atoms with Gasteiger partial charge >= 0.3 is 35.5 Å². The van der Waals surface area contributed by atoms with Crippen LogP contribution in [0.4, 0.5) is 0 Å². The number of carbonyl (C=O) groups excluding carboxylic acids is 1. The van der Waals surface area contributed by atoms with Crippen molar-refractivity contribution in [2.75, 3.05) is 12.4 Å². The normalized spacial score (nSPS) is 11.8. The van der Waals surface area contributed by atoms with E-state index in [4.69, 9.17) is 10.5 Å². The molecule has 0 fully saturated rings. The minimum atomic E-state index is -0.579. The summed E-state index contributed by atoms with van der Waals surface area (Å²) in [5.41, 5.74) is 5.54. The first-order chi connectivity index (χ1) is 12.2. The number of rotatable bonds is 19. The minimum Gasteiger partial charge on any atom is -1.00 e. The fourth-order valence-electron chi connectivity index (χ4n) is 3.00. The summed E-state index contributed by atoms with van der Waals surface area (Å²) in [5.74, 6) is 0.0218. The number of thiol groups is 1. The van der Waals surface area contributed by atoms with Crippen LogP contribution in [0.15, 0.2) is 0 Å². The number of hydrogen-bond donors (Lipinski definition) is 2. The maximum Gasteiger partial charge on any atom is 1.00 e. The molecule has 0 rings (SSSR count). The van der Waals surface area contributed by atoms with Crippen molar-refractivity contribution in [3.8, 4) is 0 Å². The first kappa shape index (κ1) is 29.0. The monoisotopic (exact) mass is 397 g/mol. The molecule has 0 aliphatic carbocycles. The molecule has 0 bridgehead atoms. The number of ether oxygens (including phenoxy) is 1. The van der Waals surface area contributed by atoms with Crippen LogP contribution in [0.1, 0.15) is 111 Å². The van der Waals surface area contributed by atoms with Gasteiger partial charge in [-0.25, -0.2) is 0 Å². The van der Waals surface area contributed by atoms with Crippen molar-refractivity contribution in [3.63, 3.8) is 0 Å². The van der Waals surface area contributed by atoms with Crippen molar-refractivity contribution < 1.29 is 40.5 Å². The van der Waals surface area contributed by atoms with Gasteiger partial charge in [-0.3, -0.25) is 4.79 Å². The van der Waals surface area contributed by atoms with Crippen molar-refractivity contribution in [1.82, 2.24) is 0 Å². The molecule has 3 nitrogen and oxygen atoms in total. The molecule has 0 amide bonds. The van der Waals surface area contributed by atoms with Crippen LogP contribution in [0, 0.1) is 0 Å². The molecule has 0 aromatic heterocycles. The number of carbonyl (C=O) groups is 1. The third kappa shape index (κ3) is 21.1. The van der Waals surface area contributed by atoms with Crippen LogP contribution in [-0.2, 0) is 9.53 Å². The van der Waals surface area contributed by atoms with Gasteiger partial charge in [0.15, 0.2) is 0 Å². The van der Waals surface area contributed by atoms with Gasteiger partial charge in [-0.1, -0.05) is 103 Å². The standard InChI is InChI=1S/C21H43NO2S.Na.H/c1-2-3-4-5-6-7-8-9-10-11-12-13-14-15-16-17-18-24-21(23)20(22)19-25;;/h20,25H,2-19,22H2,1H3;;/q;+1;-1/t20-;;/m0../s1. The SMILES string of the molecule is CCCCCCCCCCCCCCCCCCOC(=O)[C@@H](N)CS.[H-].[Na+]. The van der Waals surface area contributed by atoms with E-state index in [0.717, 1.165) is 12.8 Å². The molecular weight excluding hydrogens is 353 g/mol. The van der Waals surface area contributed by atoms with Crippen molar-refractivity contribution in [3.05, 3.63) is 0 Å². The summed E-state index contributed by atoms with van der Waals surface area (Å²) in [6.45, 7) is 2.78. The minimum absolute atomic E-state index is 0. The molecule has 1 atom stereocenters. The summed E-state index contributed by atoms with van der Waals surface area (Å²) in [5, 5.41) is 0. The molecular formula is C21H44NNaO2S. The first-order valence-corrected chi connectivity index (χ1v) is 11.4. The smallest absolute Gasteiger partial charge is 1.00 e. The van der Waals surface area contributed by atoms with E-state index in [0.29, 0.717) is 12.4 Å². The van der Waals surface area contributed by atoms with E-state index in [1.54, 1.807) is 0 Å². The molecule has 0 aliphatic rings. The Bertz CT molecular complexity index is 299. The van der Waals surface area contributed by atoms with Gasteiger partial charge in [0.2, 0.25) is 0 Å². The Balaban J connectivity index is -0.00000288. The molecule has 2 N–H and O–H groups in total. The van der Waals surface area contributed by atoms with Gasteiger partial charge in [0, 0.05) is 5.75 Å². The summed E-state index contributed by atoms with van der Waals surface area (Å²) in [6.07, 6.45) is 21.5. The van der Waals surface area contributed by atoms with E-state index in [-0.39, 0.29) is 37.0 Å². The molecule has 0 saturated carbocycles. The van der Waals surface area contributed by atoms with Gasteiger partial charge < -0.3 is 11.9 Å². The molecule has 0 aromatic carbocycles. The van der Waals surface area contributed by atoms with E-state index in [2.05, 4.69) is 19.6 Å². The molecule has 0 aliphatic heterocycles. The van der Waals surface area contributed by atoms with Gasteiger partial charge in [0.25, 0.3) is 0 Å². The predicted octanol–water partition coefficient (Wildman–Crippen LogP) is 3.16. The molecule has 152 valence electrons. The fraction of sp³-hybridized carbons (Fsp3) is 0.952. The molecule has 5 heteroatoms. The van der Waals surface area contributed by atoms with Crippen LogP contribution in [-0.4, -0.2) is 24.4 Å². The van der Waals surface area contributed by atoms with Crippen LogP contribution in [0.5, 0.6) is 0 Å². The second kappa shape index (κ2) is 23.8. The summed E-state index contributed by atoms with van der Waals surface area (Å²) in [7, 11) is 0. The number of nitrogens with two attached hydrogens (primary N) is 1. The number of hydrogen-bond acceptors (Lipinski definition) is 4. The maximum atomic E-state index is 11.3. The Labute approximate surface area is 192 Å². The molecule has 0 radical (unpaired) electrons. The Morgan fingerprint density at radius 2 is 1.15 bits per heavy atom. The van der Waals surface area contributed by atoms with Gasteiger partial charge in [-0.2, -0.15) is 12.6 Å². The van der Waals surface area contributed by atoms with Crippen LogP contribution >= 0.6 is 12.6 Å². The van der Waals surface area contributed by atoms with E-state index in [1.807, 2.05) is 0 Å². The molecule has 26 heavy (non-hydrogen) atoms. The van der Waals surface area contributed by atoms with Crippen LogP contribution in [0.3, 0.4) is 0 Å². The van der Waals surface area contributed by atoms with Crippen LogP contribution in [0.2, 0.25) is 0 Å². The van der Waals surface area contributed by atoms with Crippen molar-refractivity contribution in [2.24, 2.45) is 5.73 Å². The molecule has 0 unspecified atom stereocenters. The number of esters is 1. The van der Waals surface area contributed by atoms with Gasteiger partial charge in [-0.05, 0) is 6.42 Å². The average molecular weight is 398 g/mol. The van der Waals surface area contributed by atoms with Crippen LogP contribution < -0.4 is 35.3 Å². The summed E-state index contributed by atoms with van der Waals surface area (Å²) in [4.78, 5) is 11.3. The van der Waals surface area contributed by atoms with E-state index < -0.39 is 6.04 Å². The zero-order valence-electron chi connectivity index (χ0n) is 18.6. The van der Waals surface area contributed by atoms with Gasteiger partial charge in [0.1, 0.15) is 6.04 Å². The second-order valence-electron chi connectivity index (χ2n) is 7.26. The Morgan fingerprint density at radius 3 is 1.50 bits per heavy atom. The van der Waals surface area contributed by atoms with Gasteiger partial charge in [0.05, 0.1) is 6.61 Å². The maximum absolute atomic E-state index is 11.3. The average Bonchev–Trinajstić information content (AvgIpc) is 2.63. The molecule has 0 heterocycles. The van der Waals surface area contributed by atoms with E-state index in [1.165, 1.54) is 89.9 Å². The quantitative estimate of drug-likeness (QED) is 0.152. The number of unbranched alkanes of at least 4 members (excludes halogenated alkanes) is 15. The molecule has 0 aromatic rings. The third-order valence-electron chi connectivity index (χ3n) is 4.74. The topological polar surface area (TPSA) is 52.3 Å². The molecule has 0 saturated heterocycles. The Kier molecular flexibility index (Phi) is 26.6. The van der Waals surface area contributed by atoms with E-state index in [9.17, 15) is 4.79 Å². The molecule has 0 spiro atoms. The van der Waals surface area contributed by atoms with Crippen molar-refractivity contribution >= 4 is 18.6 Å². The summed E-state index contributed by atoms with van der Waals surface area (Å²) >= 11 is 3.99. The van der Waals surface area contributed by atoms with Crippen molar-refractivity contribution in [2.45, 2.75) is 116 Å². The predicted molar refractivity (Wildman–Crippen MR) is 113 cm³/mol. The summed E-state index contributed by atoms with van der Waals surface area (Å²) in [6, 6.07) is -0.579. The van der Waals surface area contributed by atoms with Gasteiger partial charge in [-0.15, -0.1) is 0 Å². The van der Waals surface area contributed by atoms with Crippen molar-refractivity contribution in [1.29, 1.82) is 0 Å². The zero-order valence-corrected chi connectivity index (χ0v) is 20.5.